The number of nitrogens with one attached hydrogen (secondary N) is 1. The second-order valence-corrected chi connectivity index (χ2v) is 9.18. The first-order valence-corrected chi connectivity index (χ1v) is 10.6. The Hall–Kier alpha value is 0.570. The third-order valence-electron chi connectivity index (χ3n) is 3.73. The standard InChI is InChI=1S/C13H16Br3NO2S/c14-7-9-2-1-3-10(9)8-17-20(18,19)13-6-11(15)4-5-12(13)16/h4-6,9-10,17H,1-3,7-8H2. The van der Waals surface area contributed by atoms with E-state index >= 15 is 0 Å². The molecule has 112 valence electrons. The molecule has 1 aliphatic carbocycles. The summed E-state index contributed by atoms with van der Waals surface area (Å²) in [6.07, 6.45) is 3.46. The summed E-state index contributed by atoms with van der Waals surface area (Å²) >= 11 is 10.1. The topological polar surface area (TPSA) is 46.2 Å². The number of rotatable bonds is 5. The third kappa shape index (κ3) is 4.06. The highest BCUT2D eigenvalue weighted by Gasteiger charge is 2.28. The molecule has 2 rings (SSSR count). The molecule has 1 aromatic carbocycles. The van der Waals surface area contributed by atoms with E-state index in [1.54, 1.807) is 18.2 Å². The van der Waals surface area contributed by atoms with Crippen LogP contribution in [0.4, 0.5) is 0 Å². The van der Waals surface area contributed by atoms with Crippen molar-refractivity contribution in [1.82, 2.24) is 4.72 Å². The SMILES string of the molecule is O=S(=O)(NCC1CCCC1CBr)c1cc(Br)ccc1Br. The van der Waals surface area contributed by atoms with Crippen LogP contribution < -0.4 is 4.72 Å². The summed E-state index contributed by atoms with van der Waals surface area (Å²) in [5.41, 5.74) is 0. The van der Waals surface area contributed by atoms with Crippen LogP contribution in [-0.2, 0) is 10.0 Å². The summed E-state index contributed by atoms with van der Waals surface area (Å²) in [6, 6.07) is 5.15. The van der Waals surface area contributed by atoms with Gasteiger partial charge in [0.05, 0.1) is 4.90 Å². The van der Waals surface area contributed by atoms with Crippen molar-refractivity contribution in [2.75, 3.05) is 11.9 Å². The van der Waals surface area contributed by atoms with Crippen molar-refractivity contribution in [2.24, 2.45) is 11.8 Å². The van der Waals surface area contributed by atoms with Crippen LogP contribution in [0, 0.1) is 11.8 Å². The Labute approximate surface area is 145 Å². The van der Waals surface area contributed by atoms with Gasteiger partial charge in [-0.2, -0.15) is 0 Å². The van der Waals surface area contributed by atoms with Crippen LogP contribution >= 0.6 is 47.8 Å². The minimum Gasteiger partial charge on any atom is -0.211 e. The molecule has 1 aliphatic rings. The van der Waals surface area contributed by atoms with E-state index in [0.717, 1.165) is 16.2 Å². The molecule has 0 bridgehead atoms. The lowest BCUT2D eigenvalue weighted by Gasteiger charge is -2.18. The molecule has 0 amide bonds. The quantitative estimate of drug-likeness (QED) is 0.627. The Morgan fingerprint density at radius 1 is 1.20 bits per heavy atom. The summed E-state index contributed by atoms with van der Waals surface area (Å²) in [7, 11) is -3.47. The maximum atomic E-state index is 12.4. The van der Waals surface area contributed by atoms with E-state index < -0.39 is 10.0 Å². The maximum absolute atomic E-state index is 12.4. The van der Waals surface area contributed by atoms with Gasteiger partial charge in [0.25, 0.3) is 0 Å². The molecule has 1 fully saturated rings. The van der Waals surface area contributed by atoms with E-state index in [0.29, 0.717) is 22.9 Å². The molecule has 0 aromatic heterocycles. The monoisotopic (exact) mass is 487 g/mol. The van der Waals surface area contributed by atoms with Gasteiger partial charge in [-0.1, -0.05) is 38.3 Å². The highest BCUT2D eigenvalue weighted by atomic mass is 79.9. The Bertz CT molecular complexity index is 577. The first-order chi connectivity index (χ1) is 9.44. The highest BCUT2D eigenvalue weighted by molar-refractivity contribution is 9.11. The molecule has 0 radical (unpaired) electrons. The van der Waals surface area contributed by atoms with Crippen LogP contribution in [0.25, 0.3) is 0 Å². The van der Waals surface area contributed by atoms with E-state index in [1.807, 2.05) is 0 Å². The van der Waals surface area contributed by atoms with Gasteiger partial charge in [-0.25, -0.2) is 13.1 Å². The van der Waals surface area contributed by atoms with E-state index in [9.17, 15) is 8.42 Å². The fourth-order valence-electron chi connectivity index (χ4n) is 2.56. The fourth-order valence-corrected chi connectivity index (χ4v) is 6.01. The summed E-state index contributed by atoms with van der Waals surface area (Å²) in [4.78, 5) is 0.278. The summed E-state index contributed by atoms with van der Waals surface area (Å²) < 4.78 is 28.8. The average Bonchev–Trinajstić information content (AvgIpc) is 2.86. The molecule has 0 saturated heterocycles. The van der Waals surface area contributed by atoms with Gasteiger partial charge in [0.1, 0.15) is 0 Å². The third-order valence-corrected chi connectivity index (χ3v) is 7.48. The predicted molar refractivity (Wildman–Crippen MR) is 91.7 cm³/mol. The van der Waals surface area contributed by atoms with Gasteiger partial charge in [0, 0.05) is 20.8 Å². The largest absolute Gasteiger partial charge is 0.241 e. The molecule has 20 heavy (non-hydrogen) atoms. The number of benzene rings is 1. The van der Waals surface area contributed by atoms with Crippen LogP contribution in [0.1, 0.15) is 19.3 Å². The second kappa shape index (κ2) is 7.22. The zero-order valence-corrected chi connectivity index (χ0v) is 16.4. The molecule has 3 nitrogen and oxygen atoms in total. The Morgan fingerprint density at radius 2 is 1.90 bits per heavy atom. The van der Waals surface area contributed by atoms with Crippen LogP contribution in [0.2, 0.25) is 0 Å². The molecular formula is C13H16Br3NO2S. The van der Waals surface area contributed by atoms with E-state index in [-0.39, 0.29) is 4.90 Å². The van der Waals surface area contributed by atoms with Crippen molar-refractivity contribution in [3.8, 4) is 0 Å². The molecular weight excluding hydrogens is 474 g/mol. The molecule has 0 heterocycles. The van der Waals surface area contributed by atoms with E-state index in [4.69, 9.17) is 0 Å². The average molecular weight is 490 g/mol. The summed E-state index contributed by atoms with van der Waals surface area (Å²) in [5.74, 6) is 0.999. The lowest BCUT2D eigenvalue weighted by atomic mass is 9.99. The number of hydrogen-bond donors (Lipinski definition) is 1. The van der Waals surface area contributed by atoms with Crippen molar-refractivity contribution < 1.29 is 8.42 Å². The highest BCUT2D eigenvalue weighted by Crippen LogP contribution is 2.33. The smallest absolute Gasteiger partial charge is 0.211 e. The lowest BCUT2D eigenvalue weighted by Crippen LogP contribution is -2.31. The first-order valence-electron chi connectivity index (χ1n) is 6.44. The number of halogens is 3. The van der Waals surface area contributed by atoms with Gasteiger partial charge < -0.3 is 0 Å². The zero-order chi connectivity index (χ0) is 14.8. The molecule has 1 aromatic rings. The lowest BCUT2D eigenvalue weighted by molar-refractivity contribution is 0.422. The number of hydrogen-bond acceptors (Lipinski definition) is 2. The van der Waals surface area contributed by atoms with Gasteiger partial charge in [-0.05, 0) is 58.8 Å². The minimum absolute atomic E-state index is 0.278. The second-order valence-electron chi connectivity index (χ2n) is 5.03. The normalized spacial score (nSPS) is 23.1. The molecule has 7 heteroatoms. The van der Waals surface area contributed by atoms with Crippen LogP contribution in [0.15, 0.2) is 32.0 Å². The molecule has 1 saturated carbocycles. The first kappa shape index (κ1) is 16.9. The molecule has 2 unspecified atom stereocenters. The minimum atomic E-state index is -3.47. The summed E-state index contributed by atoms with van der Waals surface area (Å²) in [6.45, 7) is 0.511. The van der Waals surface area contributed by atoms with Crippen molar-refractivity contribution >= 4 is 57.8 Å². The van der Waals surface area contributed by atoms with Crippen LogP contribution in [-0.4, -0.2) is 20.3 Å². The van der Waals surface area contributed by atoms with Crippen molar-refractivity contribution in [2.45, 2.75) is 24.2 Å². The predicted octanol–water partition coefficient (Wildman–Crippen LogP) is 4.30. The van der Waals surface area contributed by atoms with Crippen LogP contribution in [0.5, 0.6) is 0 Å². The van der Waals surface area contributed by atoms with Gasteiger partial charge in [0.2, 0.25) is 10.0 Å². The van der Waals surface area contributed by atoms with Crippen molar-refractivity contribution in [3.05, 3.63) is 27.1 Å². The van der Waals surface area contributed by atoms with Gasteiger partial charge in [-0.15, -0.1) is 0 Å². The van der Waals surface area contributed by atoms with Gasteiger partial charge in [0.15, 0.2) is 0 Å². The zero-order valence-electron chi connectivity index (χ0n) is 10.8. The van der Waals surface area contributed by atoms with E-state index in [1.165, 1.54) is 12.8 Å². The number of alkyl halides is 1. The van der Waals surface area contributed by atoms with Gasteiger partial charge in [-0.3, -0.25) is 0 Å². The Kier molecular flexibility index (Phi) is 6.11. The molecule has 0 aliphatic heterocycles. The van der Waals surface area contributed by atoms with Crippen LogP contribution in [0.3, 0.4) is 0 Å². The Morgan fingerprint density at radius 3 is 2.60 bits per heavy atom. The number of sulfonamides is 1. The van der Waals surface area contributed by atoms with Crippen molar-refractivity contribution in [3.63, 3.8) is 0 Å². The molecule has 0 spiro atoms. The maximum Gasteiger partial charge on any atom is 0.241 e. The molecule has 2 atom stereocenters. The van der Waals surface area contributed by atoms with E-state index in [2.05, 4.69) is 52.5 Å². The Balaban J connectivity index is 2.09. The summed E-state index contributed by atoms with van der Waals surface area (Å²) in [5, 5.41) is 0.944. The van der Waals surface area contributed by atoms with Gasteiger partial charge >= 0.3 is 0 Å². The van der Waals surface area contributed by atoms with Crippen molar-refractivity contribution in [1.29, 1.82) is 0 Å². The fraction of sp³-hybridized carbons (Fsp3) is 0.538. The molecule has 1 N–H and O–H groups in total.